The fraction of sp³-hybridized carbons (Fsp3) is 1.00. The maximum atomic E-state index is 6.22. The molecule has 2 N–H and O–H groups in total. The largest absolute Gasteiger partial charge is 0.385 e. The van der Waals surface area contributed by atoms with Gasteiger partial charge in [-0.25, -0.2) is 0 Å². The van der Waals surface area contributed by atoms with Crippen molar-refractivity contribution in [3.05, 3.63) is 0 Å². The van der Waals surface area contributed by atoms with E-state index in [4.69, 9.17) is 15.2 Å². The summed E-state index contributed by atoms with van der Waals surface area (Å²) in [7, 11) is 3.54. The van der Waals surface area contributed by atoms with Gasteiger partial charge in [-0.2, -0.15) is 0 Å². The molecule has 120 valence electrons. The first-order valence-corrected chi connectivity index (χ1v) is 7.93. The molecule has 0 aromatic rings. The van der Waals surface area contributed by atoms with Gasteiger partial charge in [-0.15, -0.1) is 0 Å². The van der Waals surface area contributed by atoms with Crippen LogP contribution in [0.25, 0.3) is 0 Å². The number of hydrogen-bond donors (Lipinski definition) is 1. The standard InChI is InChI=1S/C16H34N2O2/c1-15(2)7-5-8-16(13-15,14-17)18(10-12-20-4)9-6-11-19-3/h5-14,17H2,1-4H3. The quantitative estimate of drug-likeness (QED) is 0.661. The Morgan fingerprint density at radius 3 is 2.30 bits per heavy atom. The van der Waals surface area contributed by atoms with Crippen molar-refractivity contribution in [1.82, 2.24) is 4.90 Å². The molecule has 1 saturated carbocycles. The van der Waals surface area contributed by atoms with E-state index >= 15 is 0 Å². The Balaban J connectivity index is 2.76. The summed E-state index contributed by atoms with van der Waals surface area (Å²) < 4.78 is 10.5. The molecule has 1 rings (SSSR count). The zero-order chi connectivity index (χ0) is 15.1. The first kappa shape index (κ1) is 17.9. The molecule has 20 heavy (non-hydrogen) atoms. The molecule has 0 spiro atoms. The van der Waals surface area contributed by atoms with Crippen molar-refractivity contribution >= 4 is 0 Å². The maximum Gasteiger partial charge on any atom is 0.0589 e. The van der Waals surface area contributed by atoms with Crippen LogP contribution in [-0.4, -0.2) is 57.5 Å². The Morgan fingerprint density at radius 1 is 1.05 bits per heavy atom. The zero-order valence-corrected chi connectivity index (χ0v) is 13.9. The third-order valence-electron chi connectivity index (χ3n) is 4.70. The van der Waals surface area contributed by atoms with Crippen LogP contribution in [0.2, 0.25) is 0 Å². The molecule has 4 heteroatoms. The lowest BCUT2D eigenvalue weighted by molar-refractivity contribution is -0.00777. The smallest absolute Gasteiger partial charge is 0.0589 e. The molecule has 1 aliphatic rings. The second kappa shape index (κ2) is 8.32. The van der Waals surface area contributed by atoms with Crippen LogP contribution in [0.1, 0.15) is 46.0 Å². The third-order valence-corrected chi connectivity index (χ3v) is 4.70. The van der Waals surface area contributed by atoms with Gasteiger partial charge in [0, 0.05) is 46.0 Å². The molecule has 0 heterocycles. The van der Waals surface area contributed by atoms with Crippen LogP contribution >= 0.6 is 0 Å². The van der Waals surface area contributed by atoms with Gasteiger partial charge < -0.3 is 15.2 Å². The predicted molar refractivity (Wildman–Crippen MR) is 84.0 cm³/mol. The first-order valence-electron chi connectivity index (χ1n) is 7.93. The molecule has 4 nitrogen and oxygen atoms in total. The van der Waals surface area contributed by atoms with E-state index in [1.54, 1.807) is 14.2 Å². The van der Waals surface area contributed by atoms with Crippen molar-refractivity contribution in [2.24, 2.45) is 11.1 Å². The maximum absolute atomic E-state index is 6.22. The normalized spacial score (nSPS) is 26.1. The molecule has 1 aliphatic carbocycles. The number of methoxy groups -OCH3 is 2. The second-order valence-electron chi connectivity index (χ2n) is 6.95. The Bertz CT molecular complexity index is 271. The highest BCUT2D eigenvalue weighted by Crippen LogP contribution is 2.43. The second-order valence-corrected chi connectivity index (χ2v) is 6.95. The Labute approximate surface area is 125 Å². The van der Waals surface area contributed by atoms with Crippen molar-refractivity contribution < 1.29 is 9.47 Å². The van der Waals surface area contributed by atoms with Gasteiger partial charge in [0.2, 0.25) is 0 Å². The van der Waals surface area contributed by atoms with Crippen LogP contribution in [0.5, 0.6) is 0 Å². The molecule has 0 saturated heterocycles. The number of nitrogens with two attached hydrogens (primary N) is 1. The van der Waals surface area contributed by atoms with Crippen LogP contribution in [0.3, 0.4) is 0 Å². The van der Waals surface area contributed by atoms with Crippen LogP contribution in [0.4, 0.5) is 0 Å². The Morgan fingerprint density at radius 2 is 1.75 bits per heavy atom. The van der Waals surface area contributed by atoms with Crippen molar-refractivity contribution in [3.8, 4) is 0 Å². The molecular formula is C16H34N2O2. The predicted octanol–water partition coefficient (Wildman–Crippen LogP) is 2.27. The Kier molecular flexibility index (Phi) is 7.45. The average Bonchev–Trinajstić information content (AvgIpc) is 2.41. The van der Waals surface area contributed by atoms with E-state index in [0.717, 1.165) is 39.3 Å². The summed E-state index contributed by atoms with van der Waals surface area (Å²) in [5.41, 5.74) is 6.76. The molecule has 0 radical (unpaired) electrons. The van der Waals surface area contributed by atoms with Crippen LogP contribution in [0, 0.1) is 5.41 Å². The number of ether oxygens (including phenoxy) is 2. The van der Waals surface area contributed by atoms with Gasteiger partial charge in [0.1, 0.15) is 0 Å². The lowest BCUT2D eigenvalue weighted by Gasteiger charge is -2.51. The molecule has 1 fully saturated rings. The summed E-state index contributed by atoms with van der Waals surface area (Å²) in [6.45, 7) is 9.09. The SMILES string of the molecule is COCCCN(CCOC)C1(CN)CCCC(C)(C)C1. The molecule has 0 amide bonds. The Hall–Kier alpha value is -0.160. The molecule has 0 aromatic carbocycles. The van der Waals surface area contributed by atoms with Crippen molar-refractivity contribution in [1.29, 1.82) is 0 Å². The van der Waals surface area contributed by atoms with E-state index in [1.165, 1.54) is 25.7 Å². The summed E-state index contributed by atoms with van der Waals surface area (Å²) in [6.07, 6.45) is 6.04. The minimum atomic E-state index is 0.147. The van der Waals surface area contributed by atoms with E-state index in [9.17, 15) is 0 Å². The van der Waals surface area contributed by atoms with E-state index in [1.807, 2.05) is 0 Å². The van der Waals surface area contributed by atoms with Crippen LogP contribution < -0.4 is 5.73 Å². The summed E-state index contributed by atoms with van der Waals surface area (Å²) in [5.74, 6) is 0. The third kappa shape index (κ3) is 4.99. The van der Waals surface area contributed by atoms with Crippen LogP contribution in [0.15, 0.2) is 0 Å². The molecule has 0 aliphatic heterocycles. The highest BCUT2D eigenvalue weighted by atomic mass is 16.5. The molecule has 1 unspecified atom stereocenters. The van der Waals surface area contributed by atoms with Gasteiger partial charge in [0.25, 0.3) is 0 Å². The van der Waals surface area contributed by atoms with E-state index in [0.29, 0.717) is 5.41 Å². The number of nitrogens with zero attached hydrogens (tertiary/aromatic N) is 1. The van der Waals surface area contributed by atoms with Crippen molar-refractivity contribution in [3.63, 3.8) is 0 Å². The van der Waals surface area contributed by atoms with Gasteiger partial charge >= 0.3 is 0 Å². The van der Waals surface area contributed by atoms with Crippen molar-refractivity contribution in [2.45, 2.75) is 51.5 Å². The summed E-state index contributed by atoms with van der Waals surface area (Å²) >= 11 is 0. The highest BCUT2D eigenvalue weighted by molar-refractivity contribution is 4.99. The van der Waals surface area contributed by atoms with E-state index in [-0.39, 0.29) is 5.54 Å². The van der Waals surface area contributed by atoms with Crippen molar-refractivity contribution in [2.75, 3.05) is 47.1 Å². The first-order chi connectivity index (χ1) is 9.49. The fourth-order valence-electron chi connectivity index (χ4n) is 3.72. The summed E-state index contributed by atoms with van der Waals surface area (Å²) in [5, 5.41) is 0. The molecule has 0 aromatic heterocycles. The summed E-state index contributed by atoms with van der Waals surface area (Å²) in [6, 6.07) is 0. The molecule has 0 bridgehead atoms. The topological polar surface area (TPSA) is 47.7 Å². The van der Waals surface area contributed by atoms with Gasteiger partial charge in [-0.3, -0.25) is 4.90 Å². The monoisotopic (exact) mass is 286 g/mol. The lowest BCUT2D eigenvalue weighted by atomic mass is 9.67. The van der Waals surface area contributed by atoms with Crippen LogP contribution in [-0.2, 0) is 9.47 Å². The summed E-state index contributed by atoms with van der Waals surface area (Å²) in [4.78, 5) is 2.57. The minimum Gasteiger partial charge on any atom is -0.385 e. The van der Waals surface area contributed by atoms with Gasteiger partial charge in [0.05, 0.1) is 6.61 Å². The fourth-order valence-corrected chi connectivity index (χ4v) is 3.72. The van der Waals surface area contributed by atoms with E-state index in [2.05, 4.69) is 18.7 Å². The van der Waals surface area contributed by atoms with Gasteiger partial charge in [-0.1, -0.05) is 20.3 Å². The van der Waals surface area contributed by atoms with E-state index < -0.39 is 0 Å². The lowest BCUT2D eigenvalue weighted by Crippen LogP contribution is -2.58. The number of hydrogen-bond acceptors (Lipinski definition) is 4. The zero-order valence-electron chi connectivity index (χ0n) is 13.9. The molecule has 1 atom stereocenters. The molecular weight excluding hydrogens is 252 g/mol. The average molecular weight is 286 g/mol. The van der Waals surface area contributed by atoms with Gasteiger partial charge in [0.15, 0.2) is 0 Å². The number of rotatable bonds is 9. The highest BCUT2D eigenvalue weighted by Gasteiger charge is 2.42. The van der Waals surface area contributed by atoms with Gasteiger partial charge in [-0.05, 0) is 31.1 Å². The minimum absolute atomic E-state index is 0.147.